The van der Waals surface area contributed by atoms with E-state index in [1.165, 1.54) is 37.4 Å². The normalized spacial score (nSPS) is 11.2. The van der Waals surface area contributed by atoms with Gasteiger partial charge in [-0.1, -0.05) is 23.2 Å². The van der Waals surface area contributed by atoms with Gasteiger partial charge in [0.15, 0.2) is 0 Å². The predicted molar refractivity (Wildman–Crippen MR) is 97.0 cm³/mol. The molecule has 2 N–H and O–H groups in total. The first-order valence-electron chi connectivity index (χ1n) is 7.20. The Morgan fingerprint density at radius 3 is 2.32 bits per heavy atom. The summed E-state index contributed by atoms with van der Waals surface area (Å²) < 4.78 is 31.7. The van der Waals surface area contributed by atoms with E-state index in [0.717, 1.165) is 0 Å². The first kappa shape index (κ1) is 19.5. The van der Waals surface area contributed by atoms with E-state index in [1.54, 1.807) is 12.1 Å². The lowest BCUT2D eigenvalue weighted by Gasteiger charge is -2.09. The first-order chi connectivity index (χ1) is 11.8. The highest BCUT2D eigenvalue weighted by Crippen LogP contribution is 2.22. The van der Waals surface area contributed by atoms with Crippen molar-refractivity contribution in [3.05, 3.63) is 58.1 Å². The molecule has 0 bridgehead atoms. The Labute approximate surface area is 156 Å². The molecule has 0 saturated heterocycles. The number of carbonyl (C=O) groups excluding carboxylic acids is 1. The van der Waals surface area contributed by atoms with E-state index < -0.39 is 10.0 Å². The van der Waals surface area contributed by atoms with Gasteiger partial charge in [-0.25, -0.2) is 13.1 Å². The third kappa shape index (κ3) is 5.34. The Bertz CT molecular complexity index is 855. The average molecular weight is 403 g/mol. The molecule has 0 aliphatic carbocycles. The second-order valence-electron chi connectivity index (χ2n) is 4.96. The number of methoxy groups -OCH3 is 1. The van der Waals surface area contributed by atoms with Crippen LogP contribution >= 0.6 is 23.2 Å². The van der Waals surface area contributed by atoms with Gasteiger partial charge in [0.2, 0.25) is 10.0 Å². The van der Waals surface area contributed by atoms with E-state index in [-0.39, 0.29) is 28.9 Å². The number of hydrogen-bond acceptors (Lipinski definition) is 4. The topological polar surface area (TPSA) is 84.5 Å². The van der Waals surface area contributed by atoms with Crippen LogP contribution in [0.3, 0.4) is 0 Å². The minimum Gasteiger partial charge on any atom is -0.497 e. The second kappa shape index (κ2) is 8.53. The molecule has 134 valence electrons. The molecule has 0 saturated carbocycles. The average Bonchev–Trinajstić information content (AvgIpc) is 2.61. The molecule has 6 nitrogen and oxygen atoms in total. The zero-order chi connectivity index (χ0) is 18.4. The molecule has 2 aromatic carbocycles. The van der Waals surface area contributed by atoms with Crippen LogP contribution < -0.4 is 14.8 Å². The molecule has 0 radical (unpaired) electrons. The maximum absolute atomic E-state index is 12.1. The van der Waals surface area contributed by atoms with Crippen molar-refractivity contribution >= 4 is 39.1 Å². The number of sulfonamides is 1. The van der Waals surface area contributed by atoms with Crippen molar-refractivity contribution in [2.75, 3.05) is 20.2 Å². The van der Waals surface area contributed by atoms with Crippen LogP contribution in [0.15, 0.2) is 47.4 Å². The van der Waals surface area contributed by atoms with Gasteiger partial charge in [0.05, 0.1) is 22.1 Å². The summed E-state index contributed by atoms with van der Waals surface area (Å²) in [7, 11) is -2.16. The molecule has 2 aromatic rings. The molecule has 2 rings (SSSR count). The predicted octanol–water partition coefficient (Wildman–Crippen LogP) is 2.71. The van der Waals surface area contributed by atoms with E-state index in [4.69, 9.17) is 27.9 Å². The van der Waals surface area contributed by atoms with Crippen LogP contribution in [0.1, 0.15) is 10.4 Å². The molecule has 0 fully saturated rings. The van der Waals surface area contributed by atoms with Crippen LogP contribution in [0.5, 0.6) is 5.75 Å². The van der Waals surface area contributed by atoms with Gasteiger partial charge in [-0.2, -0.15) is 0 Å². The zero-order valence-corrected chi connectivity index (χ0v) is 15.6. The van der Waals surface area contributed by atoms with Crippen LogP contribution in [0, 0.1) is 0 Å². The largest absolute Gasteiger partial charge is 0.497 e. The lowest BCUT2D eigenvalue weighted by molar-refractivity contribution is 0.0954. The van der Waals surface area contributed by atoms with Crippen molar-refractivity contribution in [3.8, 4) is 5.75 Å². The fraction of sp³-hybridized carbons (Fsp3) is 0.188. The van der Waals surface area contributed by atoms with E-state index in [0.29, 0.717) is 16.3 Å². The van der Waals surface area contributed by atoms with Crippen LogP contribution in [0.4, 0.5) is 0 Å². The molecular weight excluding hydrogens is 387 g/mol. The second-order valence-corrected chi connectivity index (χ2v) is 7.54. The van der Waals surface area contributed by atoms with Gasteiger partial charge in [-0.3, -0.25) is 4.79 Å². The quantitative estimate of drug-likeness (QED) is 0.697. The number of carbonyl (C=O) groups is 1. The molecule has 0 heterocycles. The summed E-state index contributed by atoms with van der Waals surface area (Å²) in [4.78, 5) is 12.1. The van der Waals surface area contributed by atoms with Crippen molar-refractivity contribution < 1.29 is 17.9 Å². The molecule has 0 atom stereocenters. The summed E-state index contributed by atoms with van der Waals surface area (Å²) in [5, 5.41) is 3.23. The van der Waals surface area contributed by atoms with Gasteiger partial charge in [-0.05, 0) is 42.5 Å². The lowest BCUT2D eigenvalue weighted by atomic mass is 10.2. The van der Waals surface area contributed by atoms with Crippen LogP contribution in [0.25, 0.3) is 0 Å². The van der Waals surface area contributed by atoms with Crippen LogP contribution in [-0.2, 0) is 10.0 Å². The van der Waals surface area contributed by atoms with E-state index in [9.17, 15) is 13.2 Å². The minimum absolute atomic E-state index is 0.0431. The molecule has 0 unspecified atom stereocenters. The number of hydrogen-bond donors (Lipinski definition) is 2. The van der Waals surface area contributed by atoms with Crippen LogP contribution in [-0.4, -0.2) is 34.5 Å². The van der Waals surface area contributed by atoms with Crippen molar-refractivity contribution in [1.82, 2.24) is 10.0 Å². The Balaban J connectivity index is 1.86. The van der Waals surface area contributed by atoms with Crippen molar-refractivity contribution in [2.24, 2.45) is 0 Å². The van der Waals surface area contributed by atoms with Gasteiger partial charge in [0.1, 0.15) is 5.75 Å². The number of nitrogens with one attached hydrogen (secondary N) is 2. The van der Waals surface area contributed by atoms with E-state index >= 15 is 0 Å². The summed E-state index contributed by atoms with van der Waals surface area (Å²) in [5.74, 6) is 0.190. The van der Waals surface area contributed by atoms with Gasteiger partial charge >= 0.3 is 0 Å². The highest BCUT2D eigenvalue weighted by atomic mass is 35.5. The zero-order valence-electron chi connectivity index (χ0n) is 13.3. The Morgan fingerprint density at radius 2 is 1.72 bits per heavy atom. The van der Waals surface area contributed by atoms with Crippen molar-refractivity contribution in [2.45, 2.75) is 4.90 Å². The molecule has 0 aliphatic rings. The third-order valence-electron chi connectivity index (χ3n) is 3.25. The summed E-state index contributed by atoms with van der Waals surface area (Å²) in [6.45, 7) is 0.163. The highest BCUT2D eigenvalue weighted by molar-refractivity contribution is 7.89. The summed E-state index contributed by atoms with van der Waals surface area (Å²) in [5.41, 5.74) is 0.340. The molecule has 0 aliphatic heterocycles. The number of rotatable bonds is 7. The SMILES string of the molecule is COc1ccc(S(=O)(=O)NCCNC(=O)c2ccc(Cl)c(Cl)c2)cc1. The van der Waals surface area contributed by atoms with Gasteiger partial charge in [0.25, 0.3) is 5.91 Å². The number of benzene rings is 2. The van der Waals surface area contributed by atoms with Crippen molar-refractivity contribution in [1.29, 1.82) is 0 Å². The molecule has 0 aromatic heterocycles. The van der Waals surface area contributed by atoms with Gasteiger partial charge in [-0.15, -0.1) is 0 Å². The third-order valence-corrected chi connectivity index (χ3v) is 5.47. The molecule has 9 heteroatoms. The Morgan fingerprint density at radius 1 is 1.04 bits per heavy atom. The van der Waals surface area contributed by atoms with Crippen molar-refractivity contribution in [3.63, 3.8) is 0 Å². The van der Waals surface area contributed by atoms with Gasteiger partial charge in [0, 0.05) is 18.7 Å². The maximum atomic E-state index is 12.1. The molecular formula is C16H16Cl2N2O4S. The Hall–Kier alpha value is -1.80. The molecule has 25 heavy (non-hydrogen) atoms. The standard InChI is InChI=1S/C16H16Cl2N2O4S/c1-24-12-3-5-13(6-4-12)25(22,23)20-9-8-19-16(21)11-2-7-14(17)15(18)10-11/h2-7,10,20H,8-9H2,1H3,(H,19,21). The number of ether oxygens (including phenoxy) is 1. The highest BCUT2D eigenvalue weighted by Gasteiger charge is 2.14. The van der Waals surface area contributed by atoms with Crippen LogP contribution in [0.2, 0.25) is 10.0 Å². The summed E-state index contributed by atoms with van der Waals surface area (Å²) in [6.07, 6.45) is 0. The fourth-order valence-electron chi connectivity index (χ4n) is 1.94. The molecule has 1 amide bonds. The lowest BCUT2D eigenvalue weighted by Crippen LogP contribution is -2.34. The van der Waals surface area contributed by atoms with Gasteiger partial charge < -0.3 is 10.1 Å². The maximum Gasteiger partial charge on any atom is 0.251 e. The summed E-state index contributed by atoms with van der Waals surface area (Å²) >= 11 is 11.6. The Kier molecular flexibility index (Phi) is 6.66. The summed E-state index contributed by atoms with van der Waals surface area (Å²) in [6, 6.07) is 10.5. The van der Waals surface area contributed by atoms with E-state index in [1.807, 2.05) is 0 Å². The van der Waals surface area contributed by atoms with E-state index in [2.05, 4.69) is 10.0 Å². The first-order valence-corrected chi connectivity index (χ1v) is 9.44. The molecule has 0 spiro atoms. The number of halogens is 2. The monoisotopic (exact) mass is 402 g/mol. The minimum atomic E-state index is -3.66. The smallest absolute Gasteiger partial charge is 0.251 e. The fourth-order valence-corrected chi connectivity index (χ4v) is 3.27. The number of amides is 1.